The summed E-state index contributed by atoms with van der Waals surface area (Å²) in [6.07, 6.45) is 3.77. The third-order valence-corrected chi connectivity index (χ3v) is 4.10. The predicted octanol–water partition coefficient (Wildman–Crippen LogP) is 3.23. The van der Waals surface area contributed by atoms with Gasteiger partial charge in [-0.25, -0.2) is 4.39 Å². The van der Waals surface area contributed by atoms with Gasteiger partial charge in [-0.05, 0) is 54.9 Å². The van der Waals surface area contributed by atoms with Crippen molar-refractivity contribution in [2.45, 2.75) is 32.2 Å². The highest BCUT2D eigenvalue weighted by Crippen LogP contribution is 2.44. The highest BCUT2D eigenvalue weighted by molar-refractivity contribution is 5.56. The zero-order valence-electron chi connectivity index (χ0n) is 9.91. The highest BCUT2D eigenvalue weighted by Gasteiger charge is 2.40. The molecule has 2 aliphatic rings. The lowest BCUT2D eigenvalue weighted by molar-refractivity contribution is 0.380. The van der Waals surface area contributed by atoms with Crippen molar-refractivity contribution in [2.75, 3.05) is 11.9 Å². The Kier molecular flexibility index (Phi) is 2.20. The monoisotopic (exact) mass is 219 g/mol. The zero-order chi connectivity index (χ0) is 11.3. The maximum absolute atomic E-state index is 13.2. The van der Waals surface area contributed by atoms with Crippen LogP contribution in [0.25, 0.3) is 0 Å². The highest BCUT2D eigenvalue weighted by atomic mass is 19.1. The summed E-state index contributed by atoms with van der Waals surface area (Å²) in [7, 11) is 2.16. The number of hydrogen-bond donors (Lipinski definition) is 0. The molecule has 1 aliphatic heterocycles. The molecule has 1 fully saturated rings. The van der Waals surface area contributed by atoms with Gasteiger partial charge in [0, 0.05) is 18.8 Å². The van der Waals surface area contributed by atoms with Gasteiger partial charge >= 0.3 is 0 Å². The molecule has 0 saturated heterocycles. The quantitative estimate of drug-likeness (QED) is 0.701. The SMILES string of the molecule is CC1Cc2cc(F)ccc2N(C)[C@H]1C1CC1. The van der Waals surface area contributed by atoms with E-state index in [9.17, 15) is 4.39 Å². The van der Waals surface area contributed by atoms with E-state index in [0.29, 0.717) is 12.0 Å². The molecule has 1 nitrogen and oxygen atoms in total. The molecule has 2 heteroatoms. The van der Waals surface area contributed by atoms with Crippen molar-refractivity contribution in [2.24, 2.45) is 11.8 Å². The van der Waals surface area contributed by atoms with E-state index in [1.165, 1.54) is 24.1 Å². The number of halogens is 1. The van der Waals surface area contributed by atoms with Crippen molar-refractivity contribution < 1.29 is 4.39 Å². The van der Waals surface area contributed by atoms with Crippen LogP contribution in [0, 0.1) is 17.7 Å². The van der Waals surface area contributed by atoms with Gasteiger partial charge in [0.15, 0.2) is 0 Å². The molecule has 1 aromatic carbocycles. The minimum Gasteiger partial charge on any atom is -0.371 e. The molecule has 16 heavy (non-hydrogen) atoms. The van der Waals surface area contributed by atoms with Crippen LogP contribution in [0.2, 0.25) is 0 Å². The van der Waals surface area contributed by atoms with E-state index in [1.54, 1.807) is 12.1 Å². The normalized spacial score (nSPS) is 29.1. The molecule has 1 unspecified atom stereocenters. The molecule has 3 rings (SSSR count). The lowest BCUT2D eigenvalue weighted by Crippen LogP contribution is -2.43. The Morgan fingerprint density at radius 3 is 2.75 bits per heavy atom. The molecule has 0 bridgehead atoms. The van der Waals surface area contributed by atoms with Crippen molar-refractivity contribution in [1.29, 1.82) is 0 Å². The van der Waals surface area contributed by atoms with Gasteiger partial charge in [0.05, 0.1) is 0 Å². The Hall–Kier alpha value is -1.05. The van der Waals surface area contributed by atoms with Crippen LogP contribution in [-0.4, -0.2) is 13.1 Å². The van der Waals surface area contributed by atoms with Gasteiger partial charge < -0.3 is 4.90 Å². The van der Waals surface area contributed by atoms with Crippen molar-refractivity contribution >= 4 is 5.69 Å². The average molecular weight is 219 g/mol. The average Bonchev–Trinajstić information content (AvgIpc) is 3.01. The van der Waals surface area contributed by atoms with Gasteiger partial charge in [0.2, 0.25) is 0 Å². The topological polar surface area (TPSA) is 3.24 Å². The van der Waals surface area contributed by atoms with E-state index in [2.05, 4.69) is 18.9 Å². The summed E-state index contributed by atoms with van der Waals surface area (Å²) in [6, 6.07) is 5.88. The van der Waals surface area contributed by atoms with Crippen molar-refractivity contribution in [3.05, 3.63) is 29.6 Å². The van der Waals surface area contributed by atoms with Crippen LogP contribution in [0.4, 0.5) is 10.1 Å². The number of anilines is 1. The van der Waals surface area contributed by atoms with Crippen molar-refractivity contribution in [3.63, 3.8) is 0 Å². The van der Waals surface area contributed by atoms with E-state index in [4.69, 9.17) is 0 Å². The molecule has 0 amide bonds. The van der Waals surface area contributed by atoms with Gasteiger partial charge in [-0.1, -0.05) is 6.92 Å². The largest absolute Gasteiger partial charge is 0.371 e. The number of hydrogen-bond acceptors (Lipinski definition) is 1. The molecular weight excluding hydrogens is 201 g/mol. The Bertz CT molecular complexity index is 411. The summed E-state index contributed by atoms with van der Waals surface area (Å²) in [5.74, 6) is 1.41. The Labute approximate surface area is 96.3 Å². The van der Waals surface area contributed by atoms with Gasteiger partial charge in [-0.15, -0.1) is 0 Å². The molecule has 1 aliphatic carbocycles. The molecule has 1 aromatic rings. The molecule has 2 atom stereocenters. The molecular formula is C14H18FN. The predicted molar refractivity (Wildman–Crippen MR) is 64.2 cm³/mol. The van der Waals surface area contributed by atoms with Gasteiger partial charge in [0.1, 0.15) is 5.82 Å². The Morgan fingerprint density at radius 1 is 1.31 bits per heavy atom. The van der Waals surface area contributed by atoms with Gasteiger partial charge in [0.25, 0.3) is 0 Å². The summed E-state index contributed by atoms with van der Waals surface area (Å²) >= 11 is 0. The standard InChI is InChI=1S/C14H18FN/c1-9-7-11-8-12(15)5-6-13(11)16(2)14(9)10-3-4-10/h5-6,8-10,14H,3-4,7H2,1-2H3/t9?,14-/m1/s1. The Morgan fingerprint density at radius 2 is 2.06 bits per heavy atom. The molecule has 1 heterocycles. The number of nitrogens with zero attached hydrogens (tertiary/aromatic N) is 1. The molecule has 0 spiro atoms. The summed E-state index contributed by atoms with van der Waals surface area (Å²) in [4.78, 5) is 2.38. The Balaban J connectivity index is 1.99. The van der Waals surface area contributed by atoms with Crippen LogP contribution >= 0.6 is 0 Å². The fraction of sp³-hybridized carbons (Fsp3) is 0.571. The van der Waals surface area contributed by atoms with Crippen molar-refractivity contribution in [1.82, 2.24) is 0 Å². The van der Waals surface area contributed by atoms with E-state index in [-0.39, 0.29) is 5.82 Å². The maximum Gasteiger partial charge on any atom is 0.123 e. The first kappa shape index (κ1) is 10.1. The van der Waals surface area contributed by atoms with Crippen LogP contribution in [0.3, 0.4) is 0 Å². The second-order valence-electron chi connectivity index (χ2n) is 5.39. The third-order valence-electron chi connectivity index (χ3n) is 4.10. The first-order valence-electron chi connectivity index (χ1n) is 6.18. The summed E-state index contributed by atoms with van der Waals surface area (Å²) in [5, 5.41) is 0. The third kappa shape index (κ3) is 1.51. The molecule has 0 radical (unpaired) electrons. The van der Waals surface area contributed by atoms with E-state index in [0.717, 1.165) is 12.3 Å². The summed E-state index contributed by atoms with van der Waals surface area (Å²) in [6.45, 7) is 2.30. The maximum atomic E-state index is 13.2. The van der Waals surface area contributed by atoms with Gasteiger partial charge in [-0.2, -0.15) is 0 Å². The van der Waals surface area contributed by atoms with Crippen LogP contribution in [0.5, 0.6) is 0 Å². The molecule has 0 aromatic heterocycles. The van der Waals surface area contributed by atoms with E-state index in [1.807, 2.05) is 6.07 Å². The molecule has 1 saturated carbocycles. The van der Waals surface area contributed by atoms with Crippen LogP contribution in [0.15, 0.2) is 18.2 Å². The summed E-state index contributed by atoms with van der Waals surface area (Å²) < 4.78 is 13.2. The smallest absolute Gasteiger partial charge is 0.123 e. The molecule has 0 N–H and O–H groups in total. The lowest BCUT2D eigenvalue weighted by Gasteiger charge is -2.40. The van der Waals surface area contributed by atoms with Crippen molar-refractivity contribution in [3.8, 4) is 0 Å². The minimum absolute atomic E-state index is 0.107. The zero-order valence-corrected chi connectivity index (χ0v) is 9.91. The summed E-state index contributed by atoms with van der Waals surface area (Å²) in [5.41, 5.74) is 2.41. The number of fused-ring (bicyclic) bond motifs is 1. The van der Waals surface area contributed by atoms with E-state index >= 15 is 0 Å². The first-order valence-corrected chi connectivity index (χ1v) is 6.18. The fourth-order valence-electron chi connectivity index (χ4n) is 3.29. The second kappa shape index (κ2) is 3.47. The number of benzene rings is 1. The van der Waals surface area contributed by atoms with Crippen LogP contribution in [0.1, 0.15) is 25.3 Å². The molecule has 86 valence electrons. The lowest BCUT2D eigenvalue weighted by atomic mass is 9.85. The number of rotatable bonds is 1. The van der Waals surface area contributed by atoms with Gasteiger partial charge in [-0.3, -0.25) is 0 Å². The minimum atomic E-state index is -0.107. The van der Waals surface area contributed by atoms with Crippen LogP contribution < -0.4 is 4.90 Å². The van der Waals surface area contributed by atoms with Crippen LogP contribution in [-0.2, 0) is 6.42 Å². The first-order chi connectivity index (χ1) is 7.66. The second-order valence-corrected chi connectivity index (χ2v) is 5.39. The van der Waals surface area contributed by atoms with E-state index < -0.39 is 0 Å². The fourth-order valence-corrected chi connectivity index (χ4v) is 3.29.